The molecule has 0 radical (unpaired) electrons. The van der Waals surface area contributed by atoms with Gasteiger partial charge < -0.3 is 10.6 Å². The third-order valence-electron chi connectivity index (χ3n) is 3.72. The molecule has 1 amide bonds. The molecule has 1 saturated carbocycles. The van der Waals surface area contributed by atoms with Crippen LogP contribution in [0.3, 0.4) is 0 Å². The van der Waals surface area contributed by atoms with Crippen molar-refractivity contribution in [1.29, 1.82) is 0 Å². The molecule has 0 aromatic heterocycles. The fraction of sp³-hybridized carbons (Fsp3) is 0.417. The number of fused-ring (bicyclic) bond motifs is 1. The second-order valence-corrected chi connectivity index (χ2v) is 5.61. The summed E-state index contributed by atoms with van der Waals surface area (Å²) in [6, 6.07) is 3.02. The molecule has 0 unspecified atom stereocenters. The summed E-state index contributed by atoms with van der Waals surface area (Å²) in [7, 11) is 0. The van der Waals surface area contributed by atoms with E-state index in [-0.39, 0.29) is 17.1 Å². The summed E-state index contributed by atoms with van der Waals surface area (Å²) in [4.78, 5) is 12.1. The average Bonchev–Trinajstić information content (AvgIpc) is 2.35. The number of benzene rings is 1. The molecule has 1 aromatic carbocycles. The summed E-state index contributed by atoms with van der Waals surface area (Å²) in [5.41, 5.74) is 1.01. The van der Waals surface area contributed by atoms with Gasteiger partial charge in [0.05, 0.1) is 21.3 Å². The lowest BCUT2D eigenvalue weighted by atomic mass is 9.68. The van der Waals surface area contributed by atoms with E-state index in [1.807, 2.05) is 0 Å². The molecule has 1 aromatic rings. The molecule has 2 N–H and O–H groups in total. The van der Waals surface area contributed by atoms with E-state index in [0.29, 0.717) is 16.7 Å². The number of anilines is 2. The first-order chi connectivity index (χ1) is 8.11. The van der Waals surface area contributed by atoms with Gasteiger partial charge in [0.15, 0.2) is 0 Å². The Hall–Kier alpha value is -1.10. The summed E-state index contributed by atoms with van der Waals surface area (Å²) >= 11 is 3.15. The zero-order chi connectivity index (χ0) is 12.0. The summed E-state index contributed by atoms with van der Waals surface area (Å²) in [6.45, 7) is 0.629. The molecular formula is C12H12BrFN2O. The topological polar surface area (TPSA) is 41.1 Å². The lowest BCUT2D eigenvalue weighted by Crippen LogP contribution is -2.45. The van der Waals surface area contributed by atoms with Crippen molar-refractivity contribution in [2.24, 2.45) is 5.41 Å². The number of amides is 1. The highest BCUT2D eigenvalue weighted by molar-refractivity contribution is 9.10. The Balaban J connectivity index is 1.99. The van der Waals surface area contributed by atoms with E-state index in [9.17, 15) is 9.18 Å². The van der Waals surface area contributed by atoms with Gasteiger partial charge in [-0.3, -0.25) is 4.79 Å². The zero-order valence-electron chi connectivity index (χ0n) is 9.15. The molecule has 0 saturated heterocycles. The lowest BCUT2D eigenvalue weighted by Gasteiger charge is -2.38. The van der Waals surface area contributed by atoms with Crippen LogP contribution in [-0.4, -0.2) is 12.5 Å². The highest BCUT2D eigenvalue weighted by Crippen LogP contribution is 2.44. The van der Waals surface area contributed by atoms with Crippen molar-refractivity contribution >= 4 is 33.2 Å². The van der Waals surface area contributed by atoms with E-state index in [1.54, 1.807) is 6.07 Å². The minimum absolute atomic E-state index is 0.0109. The predicted octanol–water partition coefficient (Wildman–Crippen LogP) is 3.12. The number of nitrogens with one attached hydrogen (secondary N) is 2. The van der Waals surface area contributed by atoms with Gasteiger partial charge in [-0.25, -0.2) is 4.39 Å². The van der Waals surface area contributed by atoms with Gasteiger partial charge in [-0.1, -0.05) is 6.42 Å². The first kappa shape index (κ1) is 11.0. The van der Waals surface area contributed by atoms with Crippen LogP contribution < -0.4 is 10.6 Å². The highest BCUT2D eigenvalue weighted by Gasteiger charge is 2.45. The second-order valence-electron chi connectivity index (χ2n) is 4.75. The fourth-order valence-electron chi connectivity index (χ4n) is 2.40. The Bertz CT molecular complexity index is 500. The maximum Gasteiger partial charge on any atom is 0.232 e. The summed E-state index contributed by atoms with van der Waals surface area (Å²) in [5, 5.41) is 6.06. The van der Waals surface area contributed by atoms with Gasteiger partial charge in [0, 0.05) is 12.6 Å². The SMILES string of the molecule is O=C1Nc2cc(F)c(Br)cc2NCC12CCC2. The normalized spacial score (nSPS) is 20.9. The molecule has 1 spiro atoms. The van der Waals surface area contributed by atoms with Crippen LogP contribution in [0.5, 0.6) is 0 Å². The van der Waals surface area contributed by atoms with Crippen molar-refractivity contribution in [1.82, 2.24) is 0 Å². The van der Waals surface area contributed by atoms with Crippen molar-refractivity contribution in [3.63, 3.8) is 0 Å². The van der Waals surface area contributed by atoms with E-state index < -0.39 is 0 Å². The van der Waals surface area contributed by atoms with Crippen molar-refractivity contribution in [3.05, 3.63) is 22.4 Å². The second kappa shape index (κ2) is 3.70. The van der Waals surface area contributed by atoms with E-state index in [2.05, 4.69) is 26.6 Å². The number of hydrogen-bond acceptors (Lipinski definition) is 2. The molecule has 90 valence electrons. The molecular weight excluding hydrogens is 287 g/mol. The molecule has 0 atom stereocenters. The number of carbonyl (C=O) groups is 1. The van der Waals surface area contributed by atoms with Crippen LogP contribution >= 0.6 is 15.9 Å². The number of carbonyl (C=O) groups excluding carboxylic acids is 1. The van der Waals surface area contributed by atoms with Gasteiger partial charge in [0.1, 0.15) is 5.82 Å². The molecule has 3 nitrogen and oxygen atoms in total. The van der Waals surface area contributed by atoms with Gasteiger partial charge in [0.25, 0.3) is 0 Å². The molecule has 17 heavy (non-hydrogen) atoms. The van der Waals surface area contributed by atoms with Gasteiger partial charge in [0.2, 0.25) is 5.91 Å². The standard InChI is InChI=1S/C12H12BrFN2O/c13-7-4-9-10(5-8(7)14)16-11(17)12(6-15-9)2-1-3-12/h4-5,15H,1-3,6H2,(H,16,17). The number of rotatable bonds is 0. The Morgan fingerprint density at radius 2 is 2.06 bits per heavy atom. The van der Waals surface area contributed by atoms with Gasteiger partial charge >= 0.3 is 0 Å². The van der Waals surface area contributed by atoms with Crippen LogP contribution in [-0.2, 0) is 4.79 Å². The van der Waals surface area contributed by atoms with E-state index in [0.717, 1.165) is 24.9 Å². The molecule has 2 aliphatic rings. The summed E-state index contributed by atoms with van der Waals surface area (Å²) < 4.78 is 13.8. The fourth-order valence-corrected chi connectivity index (χ4v) is 2.75. The molecule has 1 aliphatic heterocycles. The largest absolute Gasteiger partial charge is 0.382 e. The minimum Gasteiger partial charge on any atom is -0.382 e. The maximum atomic E-state index is 13.4. The quantitative estimate of drug-likeness (QED) is 0.773. The van der Waals surface area contributed by atoms with Crippen LogP contribution in [0.4, 0.5) is 15.8 Å². The number of hydrogen-bond donors (Lipinski definition) is 2. The van der Waals surface area contributed by atoms with Crippen molar-refractivity contribution in [2.75, 3.05) is 17.2 Å². The monoisotopic (exact) mass is 298 g/mol. The Morgan fingerprint density at radius 3 is 2.71 bits per heavy atom. The third kappa shape index (κ3) is 1.64. The van der Waals surface area contributed by atoms with Crippen LogP contribution in [0.25, 0.3) is 0 Å². The van der Waals surface area contributed by atoms with Crippen LogP contribution in [0.1, 0.15) is 19.3 Å². The van der Waals surface area contributed by atoms with Crippen LogP contribution in [0.2, 0.25) is 0 Å². The first-order valence-electron chi connectivity index (χ1n) is 5.65. The van der Waals surface area contributed by atoms with Crippen LogP contribution in [0, 0.1) is 11.2 Å². The Labute approximate surface area is 107 Å². The molecule has 0 bridgehead atoms. The van der Waals surface area contributed by atoms with E-state index in [4.69, 9.17) is 0 Å². The van der Waals surface area contributed by atoms with Crippen molar-refractivity contribution < 1.29 is 9.18 Å². The van der Waals surface area contributed by atoms with Crippen molar-refractivity contribution in [2.45, 2.75) is 19.3 Å². The van der Waals surface area contributed by atoms with Gasteiger partial charge in [-0.05, 0) is 34.8 Å². The lowest BCUT2D eigenvalue weighted by molar-refractivity contribution is -0.129. The van der Waals surface area contributed by atoms with Gasteiger partial charge in [-0.15, -0.1) is 0 Å². The molecule has 3 rings (SSSR count). The summed E-state index contributed by atoms with van der Waals surface area (Å²) in [6.07, 6.45) is 2.90. The molecule has 1 heterocycles. The Kier molecular flexibility index (Phi) is 2.40. The summed E-state index contributed by atoms with van der Waals surface area (Å²) in [5.74, 6) is -0.355. The third-order valence-corrected chi connectivity index (χ3v) is 4.33. The minimum atomic E-state index is -0.365. The van der Waals surface area contributed by atoms with E-state index >= 15 is 0 Å². The van der Waals surface area contributed by atoms with E-state index in [1.165, 1.54) is 6.07 Å². The number of halogens is 2. The molecule has 5 heteroatoms. The molecule has 1 fully saturated rings. The predicted molar refractivity (Wildman–Crippen MR) is 67.5 cm³/mol. The van der Waals surface area contributed by atoms with Crippen molar-refractivity contribution in [3.8, 4) is 0 Å². The smallest absolute Gasteiger partial charge is 0.232 e. The molecule has 1 aliphatic carbocycles. The average molecular weight is 299 g/mol. The maximum absolute atomic E-state index is 13.4. The first-order valence-corrected chi connectivity index (χ1v) is 6.44. The van der Waals surface area contributed by atoms with Gasteiger partial charge in [-0.2, -0.15) is 0 Å². The van der Waals surface area contributed by atoms with Crippen LogP contribution in [0.15, 0.2) is 16.6 Å². The zero-order valence-corrected chi connectivity index (χ0v) is 10.7. The highest BCUT2D eigenvalue weighted by atomic mass is 79.9. The Morgan fingerprint density at radius 1 is 1.29 bits per heavy atom.